The SMILES string of the molecule is CC[NH+]1CCN(c2ccc(S(=O)(=O)N3C[C@H](C)C[C@H](C)C3)cc2[N+](=O)[O-])CC1. The Kier molecular flexibility index (Phi) is 6.26. The number of quaternary nitrogens is 1. The largest absolute Gasteiger partial charge is 0.355 e. The fourth-order valence-electron chi connectivity index (χ4n) is 4.45. The van der Waals surface area contributed by atoms with Gasteiger partial charge in [0.2, 0.25) is 10.0 Å². The standard InChI is InChI=1S/C19H30N4O4S/c1-4-20-7-9-21(10-8-20)18-6-5-17(12-19(18)23(24)25)28(26,27)22-13-15(2)11-16(3)14-22/h5-6,12,15-16H,4,7-11,13-14H2,1-3H3/p+1/t15-,16+. The minimum Gasteiger partial charge on any atom is -0.355 e. The number of hydrogen-bond acceptors (Lipinski definition) is 5. The molecule has 3 rings (SSSR count). The van der Waals surface area contributed by atoms with Crippen LogP contribution in [0.1, 0.15) is 27.2 Å². The second-order valence-corrected chi connectivity index (χ2v) is 10.2. The molecule has 0 bridgehead atoms. The number of hydrogen-bond donors (Lipinski definition) is 1. The van der Waals surface area contributed by atoms with Gasteiger partial charge in [0.25, 0.3) is 5.69 Å². The Labute approximate surface area is 167 Å². The van der Waals surface area contributed by atoms with Crippen LogP contribution < -0.4 is 9.80 Å². The lowest BCUT2D eigenvalue weighted by molar-refractivity contribution is -0.898. The lowest BCUT2D eigenvalue weighted by Gasteiger charge is -2.34. The van der Waals surface area contributed by atoms with Crippen molar-refractivity contribution in [2.45, 2.75) is 32.1 Å². The first-order chi connectivity index (χ1) is 13.2. The first-order valence-corrected chi connectivity index (χ1v) is 11.5. The van der Waals surface area contributed by atoms with E-state index in [2.05, 4.69) is 6.92 Å². The molecule has 28 heavy (non-hydrogen) atoms. The summed E-state index contributed by atoms with van der Waals surface area (Å²) in [6.07, 6.45) is 0.997. The van der Waals surface area contributed by atoms with E-state index in [1.165, 1.54) is 21.3 Å². The van der Waals surface area contributed by atoms with Crippen LogP contribution in [-0.4, -0.2) is 63.5 Å². The molecule has 9 heteroatoms. The summed E-state index contributed by atoms with van der Waals surface area (Å²) in [7, 11) is -3.74. The molecule has 0 aliphatic carbocycles. The topological polar surface area (TPSA) is 88.2 Å². The predicted octanol–water partition coefficient (Wildman–Crippen LogP) is 0.986. The van der Waals surface area contributed by atoms with E-state index in [4.69, 9.17) is 0 Å². The van der Waals surface area contributed by atoms with Gasteiger partial charge in [-0.15, -0.1) is 0 Å². The van der Waals surface area contributed by atoms with Gasteiger partial charge in [-0.2, -0.15) is 4.31 Å². The van der Waals surface area contributed by atoms with Crippen LogP contribution in [0.2, 0.25) is 0 Å². The van der Waals surface area contributed by atoms with Crippen molar-refractivity contribution in [3.05, 3.63) is 28.3 Å². The van der Waals surface area contributed by atoms with Crippen LogP contribution in [0, 0.1) is 22.0 Å². The maximum absolute atomic E-state index is 13.1. The summed E-state index contributed by atoms with van der Waals surface area (Å²) in [5.74, 6) is 0.565. The van der Waals surface area contributed by atoms with Gasteiger partial charge in [-0.1, -0.05) is 13.8 Å². The highest BCUT2D eigenvalue weighted by molar-refractivity contribution is 7.89. The van der Waals surface area contributed by atoms with Crippen LogP contribution in [0.25, 0.3) is 0 Å². The van der Waals surface area contributed by atoms with E-state index in [-0.39, 0.29) is 22.4 Å². The number of sulfonamides is 1. The van der Waals surface area contributed by atoms with Gasteiger partial charge in [0.05, 0.1) is 42.5 Å². The van der Waals surface area contributed by atoms with Crippen LogP contribution in [0.3, 0.4) is 0 Å². The third-order valence-corrected chi connectivity index (χ3v) is 7.76. The number of nitro benzene ring substituents is 1. The molecule has 2 aliphatic heterocycles. The molecule has 8 nitrogen and oxygen atoms in total. The van der Waals surface area contributed by atoms with Crippen molar-refractivity contribution in [2.24, 2.45) is 11.8 Å². The average molecular weight is 412 g/mol. The van der Waals surface area contributed by atoms with E-state index in [0.29, 0.717) is 18.8 Å². The number of piperazine rings is 1. The molecule has 1 aromatic carbocycles. The summed E-state index contributed by atoms with van der Waals surface area (Å²) in [6, 6.07) is 4.38. The van der Waals surface area contributed by atoms with Crippen molar-refractivity contribution in [3.63, 3.8) is 0 Å². The van der Waals surface area contributed by atoms with E-state index in [0.717, 1.165) is 39.1 Å². The lowest BCUT2D eigenvalue weighted by atomic mass is 9.94. The number of piperidine rings is 1. The number of rotatable bonds is 5. The summed E-state index contributed by atoms with van der Waals surface area (Å²) < 4.78 is 27.7. The molecule has 1 aromatic rings. The van der Waals surface area contributed by atoms with Crippen LogP contribution in [0.4, 0.5) is 11.4 Å². The minimum atomic E-state index is -3.74. The fourth-order valence-corrected chi connectivity index (χ4v) is 6.15. The Balaban J connectivity index is 1.89. The van der Waals surface area contributed by atoms with Crippen molar-refractivity contribution in [1.82, 2.24) is 4.31 Å². The van der Waals surface area contributed by atoms with Gasteiger partial charge in [-0.05, 0) is 37.3 Å². The van der Waals surface area contributed by atoms with E-state index in [9.17, 15) is 18.5 Å². The van der Waals surface area contributed by atoms with Crippen molar-refractivity contribution < 1.29 is 18.2 Å². The van der Waals surface area contributed by atoms with Gasteiger partial charge >= 0.3 is 0 Å². The molecule has 2 fully saturated rings. The monoisotopic (exact) mass is 411 g/mol. The first-order valence-electron chi connectivity index (χ1n) is 10.1. The molecule has 2 aliphatic rings. The lowest BCUT2D eigenvalue weighted by Crippen LogP contribution is -3.14. The Morgan fingerprint density at radius 2 is 1.79 bits per heavy atom. The summed E-state index contributed by atoms with van der Waals surface area (Å²) in [5, 5.41) is 11.7. The maximum Gasteiger partial charge on any atom is 0.293 e. The van der Waals surface area contributed by atoms with Crippen LogP contribution in [-0.2, 0) is 10.0 Å². The molecular formula is C19H31N4O4S+. The fraction of sp³-hybridized carbons (Fsp3) is 0.684. The summed E-state index contributed by atoms with van der Waals surface area (Å²) in [5.41, 5.74) is 0.388. The highest BCUT2D eigenvalue weighted by Crippen LogP contribution is 2.33. The van der Waals surface area contributed by atoms with Gasteiger partial charge < -0.3 is 9.80 Å². The minimum absolute atomic E-state index is 0.0158. The van der Waals surface area contributed by atoms with Crippen molar-refractivity contribution in [1.29, 1.82) is 0 Å². The normalized spacial score (nSPS) is 25.0. The third-order valence-electron chi connectivity index (χ3n) is 5.93. The Morgan fingerprint density at radius 1 is 1.18 bits per heavy atom. The van der Waals surface area contributed by atoms with Gasteiger partial charge in [0.15, 0.2) is 0 Å². The van der Waals surface area contributed by atoms with E-state index in [1.54, 1.807) is 6.07 Å². The van der Waals surface area contributed by atoms with Gasteiger partial charge in [0.1, 0.15) is 5.69 Å². The smallest absolute Gasteiger partial charge is 0.293 e. The van der Waals surface area contributed by atoms with E-state index < -0.39 is 14.9 Å². The van der Waals surface area contributed by atoms with Gasteiger partial charge in [0, 0.05) is 19.2 Å². The van der Waals surface area contributed by atoms with Crippen LogP contribution in [0.5, 0.6) is 0 Å². The molecule has 0 radical (unpaired) electrons. The molecule has 2 saturated heterocycles. The van der Waals surface area contributed by atoms with Crippen molar-refractivity contribution >= 4 is 21.4 Å². The number of likely N-dealkylation sites (N-methyl/N-ethyl adjacent to an activating group) is 1. The van der Waals surface area contributed by atoms with E-state index >= 15 is 0 Å². The molecule has 0 saturated carbocycles. The number of nitrogens with one attached hydrogen (secondary N) is 1. The number of nitrogens with zero attached hydrogens (tertiary/aromatic N) is 3. The Hall–Kier alpha value is -1.71. The molecule has 0 amide bonds. The average Bonchev–Trinajstić information content (AvgIpc) is 2.66. The predicted molar refractivity (Wildman–Crippen MR) is 108 cm³/mol. The van der Waals surface area contributed by atoms with Crippen molar-refractivity contribution in [2.75, 3.05) is 50.7 Å². The second-order valence-electron chi connectivity index (χ2n) is 8.27. The zero-order valence-corrected chi connectivity index (χ0v) is 17.7. The second kappa shape index (κ2) is 8.34. The molecule has 2 atom stereocenters. The van der Waals surface area contributed by atoms with Crippen LogP contribution in [0.15, 0.2) is 23.1 Å². The number of anilines is 1. The first kappa shape index (κ1) is 21.0. The number of nitro groups is 1. The summed E-state index contributed by atoms with van der Waals surface area (Å²) in [6.45, 7) is 11.5. The molecule has 0 unspecified atom stereocenters. The molecule has 0 aromatic heterocycles. The van der Waals surface area contributed by atoms with Crippen molar-refractivity contribution in [3.8, 4) is 0 Å². The molecule has 1 N–H and O–H groups in total. The van der Waals surface area contributed by atoms with Gasteiger partial charge in [-0.25, -0.2) is 8.42 Å². The quantitative estimate of drug-likeness (QED) is 0.577. The zero-order chi connectivity index (χ0) is 20.5. The highest BCUT2D eigenvalue weighted by atomic mass is 32.2. The van der Waals surface area contributed by atoms with Gasteiger partial charge in [-0.3, -0.25) is 10.1 Å². The summed E-state index contributed by atoms with van der Waals surface area (Å²) in [4.78, 5) is 14.7. The molecule has 0 spiro atoms. The molecule has 2 heterocycles. The molecule has 156 valence electrons. The number of benzene rings is 1. The summed E-state index contributed by atoms with van der Waals surface area (Å²) >= 11 is 0. The maximum atomic E-state index is 13.1. The zero-order valence-electron chi connectivity index (χ0n) is 16.9. The Bertz CT molecular complexity index is 811. The molecular weight excluding hydrogens is 380 g/mol. The van der Waals surface area contributed by atoms with Crippen LogP contribution >= 0.6 is 0 Å². The van der Waals surface area contributed by atoms with E-state index in [1.807, 2.05) is 18.7 Å². The Morgan fingerprint density at radius 3 is 2.32 bits per heavy atom. The third kappa shape index (κ3) is 4.31. The highest BCUT2D eigenvalue weighted by Gasteiger charge is 2.34.